The van der Waals surface area contributed by atoms with Crippen molar-refractivity contribution in [3.8, 4) is 0 Å². The molecule has 0 aromatic heterocycles. The van der Waals surface area contributed by atoms with Crippen LogP contribution in [0.2, 0.25) is 0 Å². The van der Waals surface area contributed by atoms with Gasteiger partial charge in [0.15, 0.2) is 0 Å². The van der Waals surface area contributed by atoms with Crippen LogP contribution < -0.4 is 82.8 Å². The molecule has 0 aromatic carbocycles. The fourth-order valence-electron chi connectivity index (χ4n) is 0. The molecule has 0 atom stereocenters. The van der Waals surface area contributed by atoms with Crippen LogP contribution in [0.4, 0.5) is 0 Å². The number of halogens is 1. The number of hydrogen-bond donors (Lipinski definition) is 2. The van der Waals surface area contributed by atoms with Crippen molar-refractivity contribution in [2.24, 2.45) is 0 Å². The summed E-state index contributed by atoms with van der Waals surface area (Å²) in [7, 11) is 0. The van der Waals surface area contributed by atoms with Gasteiger partial charge in [-0.15, -0.1) is 0 Å². The normalized spacial score (nSPS) is 6.00. The Balaban J connectivity index is -0.0000000480. The van der Waals surface area contributed by atoms with Gasteiger partial charge in [-0.3, -0.25) is 10.5 Å². The van der Waals surface area contributed by atoms with Crippen molar-refractivity contribution in [2.75, 3.05) is 0 Å². The molecule has 5 nitrogen and oxygen atoms in total. The van der Waals surface area contributed by atoms with Crippen LogP contribution in [-0.2, 0) is 0 Å². The predicted molar refractivity (Wildman–Crippen MR) is 5.26 cm³/mol. The Bertz CT molecular complexity index is 12.8. The first-order valence-electron chi connectivity index (χ1n) is 0.663. The van der Waals surface area contributed by atoms with Gasteiger partial charge in [0, 0.05) is 0 Å². The third kappa shape index (κ3) is 66.2. The van der Waals surface area contributed by atoms with Crippen LogP contribution in [0.15, 0.2) is 0 Å². The van der Waals surface area contributed by atoms with Crippen LogP contribution >= 0.6 is 0 Å². The van der Waals surface area contributed by atoms with Gasteiger partial charge < -0.3 is 10.3 Å². The van der Waals surface area contributed by atoms with E-state index in [-0.39, 0.29) is 51.4 Å². The molecule has 2 N–H and O–H groups in total. The topological polar surface area (TPSA) is 110 Å². The zero-order chi connectivity index (χ0) is 5.58. The summed E-state index contributed by atoms with van der Waals surface area (Å²) >= 11 is -4.01. The van der Waals surface area contributed by atoms with E-state index in [2.05, 4.69) is 0 Å². The Labute approximate surface area is 91.4 Å². The summed E-state index contributed by atoms with van der Waals surface area (Å²) in [5, 5.41) is 12.0. The predicted octanol–water partition coefficient (Wildman–Crippen LogP) is -9.54. The van der Waals surface area contributed by atoms with Crippen LogP contribution in [-0.4, -0.2) is 10.5 Å². The van der Waals surface area contributed by atoms with Crippen LogP contribution in [0.1, 0.15) is 0 Å². The molecule has 0 aliphatic heterocycles. The van der Waals surface area contributed by atoms with E-state index in [4.69, 9.17) is 20.8 Å². The Morgan fingerprint density at radius 2 is 1.00 bits per heavy atom. The Morgan fingerprint density at radius 1 is 1.00 bits per heavy atom. The minimum Gasteiger partial charge on any atom is -0.427 e. The SMILES string of the molecule is OO.[K+].[O-][I+2]([O-])[O-]. The maximum absolute atomic E-state index is 8.57. The van der Waals surface area contributed by atoms with Crippen LogP contribution in [0.3, 0.4) is 0 Å². The van der Waals surface area contributed by atoms with Crippen molar-refractivity contribution in [1.29, 1.82) is 0 Å². The maximum atomic E-state index is 8.57. The maximum Gasteiger partial charge on any atom is 1.00 e. The van der Waals surface area contributed by atoms with E-state index in [1.165, 1.54) is 0 Å². The molecule has 0 bridgehead atoms. The largest absolute Gasteiger partial charge is 1.00 e. The quantitative estimate of drug-likeness (QED) is 0.191. The molecule has 7 heteroatoms. The molecule has 40 valence electrons. The number of hydrogen-bond acceptors (Lipinski definition) is 5. The molecule has 0 spiro atoms. The van der Waals surface area contributed by atoms with Gasteiger partial charge in [0.05, 0.1) is 0 Å². The third-order valence-electron chi connectivity index (χ3n) is 0. The summed E-state index contributed by atoms with van der Waals surface area (Å²) in [5.41, 5.74) is 0. The molecule has 0 radical (unpaired) electrons. The van der Waals surface area contributed by atoms with Gasteiger partial charge in [-0.05, 0) is 0 Å². The molecule has 0 rings (SSSR count). The zero-order valence-electron chi connectivity index (χ0n) is 3.50. The van der Waals surface area contributed by atoms with Crippen molar-refractivity contribution in [3.63, 3.8) is 0 Å². The molecule has 7 heavy (non-hydrogen) atoms. The first kappa shape index (κ1) is 16.1. The van der Waals surface area contributed by atoms with Crippen molar-refractivity contribution in [2.45, 2.75) is 0 Å². The summed E-state index contributed by atoms with van der Waals surface area (Å²) in [6.45, 7) is 0. The van der Waals surface area contributed by atoms with Gasteiger partial charge in [0.1, 0.15) is 0 Å². The van der Waals surface area contributed by atoms with E-state index in [0.717, 1.165) is 0 Å². The molecule has 0 fully saturated rings. The van der Waals surface area contributed by atoms with Gasteiger partial charge in [0.25, 0.3) is 21.1 Å². The molecule has 0 aliphatic carbocycles. The van der Waals surface area contributed by atoms with Crippen LogP contribution in [0.5, 0.6) is 0 Å². The third-order valence-corrected chi connectivity index (χ3v) is 0. The van der Waals surface area contributed by atoms with Gasteiger partial charge >= 0.3 is 51.4 Å². The van der Waals surface area contributed by atoms with Crippen molar-refractivity contribution >= 4 is 0 Å². The van der Waals surface area contributed by atoms with E-state index < -0.39 is 21.1 Å². The summed E-state index contributed by atoms with van der Waals surface area (Å²) in [5.74, 6) is 0. The van der Waals surface area contributed by atoms with Crippen molar-refractivity contribution in [1.82, 2.24) is 0 Å². The summed E-state index contributed by atoms with van der Waals surface area (Å²) in [6, 6.07) is 0. The average Bonchev–Trinajstić information content (AvgIpc) is 1.41. The van der Waals surface area contributed by atoms with Gasteiger partial charge in [0.2, 0.25) is 0 Å². The summed E-state index contributed by atoms with van der Waals surface area (Å²) in [4.78, 5) is 0. The molecular formula is H2IKO5. The molecule has 0 saturated carbocycles. The Hall–Kier alpha value is 2.17. The second-order valence-electron chi connectivity index (χ2n) is 0.189. The van der Waals surface area contributed by atoms with E-state index in [0.29, 0.717) is 0 Å². The second-order valence-corrected chi connectivity index (χ2v) is 1.27. The minimum atomic E-state index is -4.01. The minimum absolute atomic E-state index is 0. The van der Waals surface area contributed by atoms with Crippen molar-refractivity contribution in [3.05, 3.63) is 0 Å². The second kappa shape index (κ2) is 15.7. The summed E-state index contributed by atoms with van der Waals surface area (Å²) < 4.78 is 25.7. The van der Waals surface area contributed by atoms with E-state index in [1.807, 2.05) is 0 Å². The molecular weight excluding hydrogens is 246 g/mol. The van der Waals surface area contributed by atoms with Crippen LogP contribution in [0, 0.1) is 0 Å². The van der Waals surface area contributed by atoms with E-state index in [1.54, 1.807) is 0 Å². The Kier molecular flexibility index (Phi) is 36.1. The fraction of sp³-hybridized carbons (Fsp3) is 0. The molecule has 0 heterocycles. The molecule has 0 amide bonds. The van der Waals surface area contributed by atoms with Gasteiger partial charge in [-0.2, -0.15) is 0 Å². The summed E-state index contributed by atoms with van der Waals surface area (Å²) in [6.07, 6.45) is 0. The molecule has 0 aliphatic rings. The standard InChI is InChI=1S/IO3.K.H2O2/c2-1(3)4;;1-2/h;;1-2H/q-1;+1;. The fourth-order valence-corrected chi connectivity index (χ4v) is 0. The van der Waals surface area contributed by atoms with E-state index in [9.17, 15) is 0 Å². The van der Waals surface area contributed by atoms with Gasteiger partial charge in [-0.25, -0.2) is 0 Å². The molecule has 0 unspecified atom stereocenters. The smallest absolute Gasteiger partial charge is 0.427 e. The van der Waals surface area contributed by atoms with E-state index >= 15 is 0 Å². The van der Waals surface area contributed by atoms with Gasteiger partial charge in [-0.1, -0.05) is 0 Å². The molecule has 0 saturated heterocycles. The van der Waals surface area contributed by atoms with Crippen LogP contribution in [0.25, 0.3) is 0 Å². The average molecular weight is 248 g/mol. The zero-order valence-corrected chi connectivity index (χ0v) is 8.78. The Morgan fingerprint density at radius 3 is 1.00 bits per heavy atom. The molecule has 0 aromatic rings. The monoisotopic (exact) mass is 248 g/mol. The van der Waals surface area contributed by atoms with Crippen molar-refractivity contribution < 1.29 is 93.3 Å². The number of rotatable bonds is 0. The first-order chi connectivity index (χ1) is 2.73. The first-order valence-corrected chi connectivity index (χ1v) is 3.31.